The van der Waals surface area contributed by atoms with Gasteiger partial charge in [0.25, 0.3) is 5.56 Å². The summed E-state index contributed by atoms with van der Waals surface area (Å²) in [6.07, 6.45) is 3.30. The Morgan fingerprint density at radius 1 is 1.24 bits per heavy atom. The molecule has 0 atom stereocenters. The molecule has 1 heterocycles. The van der Waals surface area contributed by atoms with Crippen molar-refractivity contribution in [2.45, 2.75) is 5.16 Å². The van der Waals surface area contributed by atoms with E-state index < -0.39 is 0 Å². The summed E-state index contributed by atoms with van der Waals surface area (Å²) in [5.74, 6) is 0. The van der Waals surface area contributed by atoms with E-state index in [4.69, 9.17) is 23.2 Å². The molecule has 2 rings (SSSR count). The molecule has 0 amide bonds. The predicted octanol–water partition coefficient (Wildman–Crippen LogP) is 3.26. The summed E-state index contributed by atoms with van der Waals surface area (Å²) in [4.78, 5) is 16.0. The first-order valence-electron chi connectivity index (χ1n) is 4.71. The monoisotopic (exact) mass is 286 g/mol. The van der Waals surface area contributed by atoms with Crippen LogP contribution in [0.25, 0.3) is 5.69 Å². The van der Waals surface area contributed by atoms with Crippen molar-refractivity contribution in [2.24, 2.45) is 0 Å². The number of rotatable bonds is 2. The van der Waals surface area contributed by atoms with Gasteiger partial charge in [0.2, 0.25) is 0 Å². The lowest BCUT2D eigenvalue weighted by molar-refractivity contribution is 0.798. The first kappa shape index (κ1) is 12.5. The fourth-order valence-electron chi connectivity index (χ4n) is 1.44. The van der Waals surface area contributed by atoms with E-state index in [0.29, 0.717) is 20.9 Å². The average Bonchev–Trinajstić information content (AvgIpc) is 2.30. The third kappa shape index (κ3) is 2.34. The van der Waals surface area contributed by atoms with E-state index in [9.17, 15) is 4.79 Å². The van der Waals surface area contributed by atoms with Crippen molar-refractivity contribution < 1.29 is 0 Å². The normalized spacial score (nSPS) is 10.5. The van der Waals surface area contributed by atoms with Crippen LogP contribution in [0.3, 0.4) is 0 Å². The van der Waals surface area contributed by atoms with Crippen molar-refractivity contribution in [2.75, 3.05) is 6.26 Å². The van der Waals surface area contributed by atoms with Gasteiger partial charge in [-0.15, -0.1) is 0 Å². The molecule has 0 bridgehead atoms. The molecule has 17 heavy (non-hydrogen) atoms. The van der Waals surface area contributed by atoms with Gasteiger partial charge in [-0.05, 0) is 18.4 Å². The Morgan fingerprint density at radius 2 is 1.88 bits per heavy atom. The van der Waals surface area contributed by atoms with Gasteiger partial charge in [0.1, 0.15) is 0 Å². The summed E-state index contributed by atoms with van der Waals surface area (Å²) >= 11 is 13.5. The lowest BCUT2D eigenvalue weighted by Gasteiger charge is -2.12. The van der Waals surface area contributed by atoms with Gasteiger partial charge < -0.3 is 0 Å². The molecule has 0 unspecified atom stereocenters. The van der Waals surface area contributed by atoms with E-state index in [0.717, 1.165) is 0 Å². The molecule has 0 aliphatic carbocycles. The molecule has 0 aliphatic heterocycles. The Kier molecular flexibility index (Phi) is 3.76. The van der Waals surface area contributed by atoms with E-state index in [1.54, 1.807) is 18.2 Å². The number of hydrogen-bond donors (Lipinski definition) is 0. The fraction of sp³-hybridized carbons (Fsp3) is 0.0909. The molecule has 6 heteroatoms. The Bertz CT molecular complexity index is 592. The Hall–Kier alpha value is -0.970. The van der Waals surface area contributed by atoms with Crippen LogP contribution < -0.4 is 5.56 Å². The maximum Gasteiger partial charge on any atom is 0.258 e. The van der Waals surface area contributed by atoms with Gasteiger partial charge >= 0.3 is 0 Å². The lowest BCUT2D eigenvalue weighted by Crippen LogP contribution is -2.20. The van der Waals surface area contributed by atoms with Crippen LogP contribution in [0.1, 0.15) is 0 Å². The predicted molar refractivity (Wildman–Crippen MR) is 71.6 cm³/mol. The van der Waals surface area contributed by atoms with Crippen LogP contribution in [0.4, 0.5) is 0 Å². The molecular formula is C11H8Cl2N2OS. The lowest BCUT2D eigenvalue weighted by atomic mass is 10.3. The van der Waals surface area contributed by atoms with Gasteiger partial charge in [-0.3, -0.25) is 9.36 Å². The largest absolute Gasteiger partial charge is 0.269 e. The number of para-hydroxylation sites is 1. The molecule has 0 spiro atoms. The van der Waals surface area contributed by atoms with Gasteiger partial charge in [0.05, 0.1) is 15.7 Å². The number of aromatic nitrogens is 2. The maximum absolute atomic E-state index is 11.9. The second-order valence-corrected chi connectivity index (χ2v) is 4.76. The van der Waals surface area contributed by atoms with E-state index >= 15 is 0 Å². The Labute approximate surface area is 112 Å². The molecule has 88 valence electrons. The minimum Gasteiger partial charge on any atom is -0.269 e. The SMILES string of the molecule is CSc1nccc(=O)n1-c1c(Cl)cccc1Cl. The van der Waals surface area contributed by atoms with Crippen molar-refractivity contribution in [1.82, 2.24) is 9.55 Å². The highest BCUT2D eigenvalue weighted by Gasteiger charge is 2.13. The number of benzene rings is 1. The van der Waals surface area contributed by atoms with E-state index in [1.165, 1.54) is 28.6 Å². The standard InChI is InChI=1S/C11H8Cl2N2OS/c1-17-11-14-6-5-9(16)15(11)10-7(12)3-2-4-8(10)13/h2-6H,1H3. The minimum atomic E-state index is -0.209. The van der Waals surface area contributed by atoms with Crippen LogP contribution in [0.15, 0.2) is 40.4 Å². The summed E-state index contributed by atoms with van der Waals surface area (Å²) in [6, 6.07) is 6.48. The van der Waals surface area contributed by atoms with Crippen LogP contribution >= 0.6 is 35.0 Å². The molecule has 0 aliphatic rings. The first-order chi connectivity index (χ1) is 8.15. The highest BCUT2D eigenvalue weighted by Crippen LogP contribution is 2.29. The van der Waals surface area contributed by atoms with Crippen LogP contribution in [-0.4, -0.2) is 15.8 Å². The van der Waals surface area contributed by atoms with Crippen molar-refractivity contribution in [3.63, 3.8) is 0 Å². The number of thioether (sulfide) groups is 1. The van der Waals surface area contributed by atoms with Gasteiger partial charge in [-0.2, -0.15) is 0 Å². The second-order valence-electron chi connectivity index (χ2n) is 3.18. The van der Waals surface area contributed by atoms with Gasteiger partial charge in [0.15, 0.2) is 5.16 Å². The van der Waals surface area contributed by atoms with Gasteiger partial charge in [0, 0.05) is 12.3 Å². The van der Waals surface area contributed by atoms with Crippen LogP contribution in [0, 0.1) is 0 Å². The first-order valence-corrected chi connectivity index (χ1v) is 6.69. The van der Waals surface area contributed by atoms with Crippen LogP contribution in [0.2, 0.25) is 10.0 Å². The number of hydrogen-bond acceptors (Lipinski definition) is 3. The topological polar surface area (TPSA) is 34.9 Å². The average molecular weight is 287 g/mol. The summed E-state index contributed by atoms with van der Waals surface area (Å²) in [6.45, 7) is 0. The minimum absolute atomic E-state index is 0.209. The summed E-state index contributed by atoms with van der Waals surface area (Å²) < 4.78 is 1.41. The molecule has 0 saturated heterocycles. The zero-order valence-corrected chi connectivity index (χ0v) is 11.2. The molecule has 3 nitrogen and oxygen atoms in total. The zero-order valence-electron chi connectivity index (χ0n) is 8.85. The molecule has 1 aromatic heterocycles. The molecular weight excluding hydrogens is 279 g/mol. The Balaban J connectivity index is 2.81. The van der Waals surface area contributed by atoms with Crippen molar-refractivity contribution >= 4 is 35.0 Å². The molecule has 0 saturated carbocycles. The highest BCUT2D eigenvalue weighted by atomic mass is 35.5. The van der Waals surface area contributed by atoms with Crippen molar-refractivity contribution in [3.8, 4) is 5.69 Å². The number of nitrogens with zero attached hydrogens (tertiary/aromatic N) is 2. The fourth-order valence-corrected chi connectivity index (χ4v) is 2.54. The second kappa shape index (κ2) is 5.12. The van der Waals surface area contributed by atoms with E-state index in [-0.39, 0.29) is 5.56 Å². The van der Waals surface area contributed by atoms with Crippen LogP contribution in [0.5, 0.6) is 0 Å². The van der Waals surface area contributed by atoms with E-state index in [1.807, 2.05) is 6.26 Å². The Morgan fingerprint density at radius 3 is 2.47 bits per heavy atom. The van der Waals surface area contributed by atoms with Crippen molar-refractivity contribution in [1.29, 1.82) is 0 Å². The molecule has 0 fully saturated rings. The molecule has 0 N–H and O–H groups in total. The van der Waals surface area contributed by atoms with E-state index in [2.05, 4.69) is 4.98 Å². The quantitative estimate of drug-likeness (QED) is 0.628. The molecule has 2 aromatic rings. The third-order valence-electron chi connectivity index (χ3n) is 2.16. The highest BCUT2D eigenvalue weighted by molar-refractivity contribution is 7.98. The summed E-state index contributed by atoms with van der Waals surface area (Å²) in [5.41, 5.74) is 0.262. The third-order valence-corrected chi connectivity index (χ3v) is 3.42. The summed E-state index contributed by atoms with van der Waals surface area (Å²) in [5, 5.41) is 1.39. The maximum atomic E-state index is 11.9. The van der Waals surface area contributed by atoms with Gasteiger partial charge in [-0.25, -0.2) is 4.98 Å². The molecule has 0 radical (unpaired) electrons. The smallest absolute Gasteiger partial charge is 0.258 e. The molecule has 1 aromatic carbocycles. The number of halogens is 2. The van der Waals surface area contributed by atoms with Gasteiger partial charge in [-0.1, -0.05) is 41.0 Å². The van der Waals surface area contributed by atoms with Crippen LogP contribution in [-0.2, 0) is 0 Å². The van der Waals surface area contributed by atoms with Crippen molar-refractivity contribution in [3.05, 3.63) is 50.9 Å². The zero-order chi connectivity index (χ0) is 12.4. The summed E-state index contributed by atoms with van der Waals surface area (Å²) in [7, 11) is 0.